The van der Waals surface area contributed by atoms with E-state index in [4.69, 9.17) is 0 Å². The van der Waals surface area contributed by atoms with Gasteiger partial charge in [0.25, 0.3) is 0 Å². The summed E-state index contributed by atoms with van der Waals surface area (Å²) in [5, 5.41) is 0. The van der Waals surface area contributed by atoms with Crippen LogP contribution in [0.2, 0.25) is 0 Å². The SMILES string of the molecule is CCCc1nc2nc(C)cc(C)n2c1CC. The molecule has 0 saturated carbocycles. The van der Waals surface area contributed by atoms with Gasteiger partial charge in [-0.3, -0.25) is 4.40 Å². The third-order valence-corrected chi connectivity index (χ3v) is 2.91. The Morgan fingerprint density at radius 3 is 2.56 bits per heavy atom. The highest BCUT2D eigenvalue weighted by Crippen LogP contribution is 2.16. The van der Waals surface area contributed by atoms with E-state index in [-0.39, 0.29) is 0 Å². The highest BCUT2D eigenvalue weighted by molar-refractivity contribution is 5.39. The van der Waals surface area contributed by atoms with Gasteiger partial charge in [0.15, 0.2) is 0 Å². The van der Waals surface area contributed by atoms with Gasteiger partial charge < -0.3 is 0 Å². The maximum Gasteiger partial charge on any atom is 0.234 e. The van der Waals surface area contributed by atoms with Gasteiger partial charge in [0, 0.05) is 17.1 Å². The van der Waals surface area contributed by atoms with E-state index in [1.807, 2.05) is 6.92 Å². The van der Waals surface area contributed by atoms with E-state index >= 15 is 0 Å². The summed E-state index contributed by atoms with van der Waals surface area (Å²) in [5.74, 6) is 0.859. The topological polar surface area (TPSA) is 30.2 Å². The molecule has 0 atom stereocenters. The summed E-state index contributed by atoms with van der Waals surface area (Å²) in [6.07, 6.45) is 3.20. The fraction of sp³-hybridized carbons (Fsp3) is 0.538. The van der Waals surface area contributed by atoms with E-state index in [9.17, 15) is 0 Å². The first-order chi connectivity index (χ1) is 7.67. The lowest BCUT2D eigenvalue weighted by atomic mass is 10.2. The van der Waals surface area contributed by atoms with Crippen molar-refractivity contribution in [1.29, 1.82) is 0 Å². The van der Waals surface area contributed by atoms with E-state index < -0.39 is 0 Å². The molecule has 0 unspecified atom stereocenters. The van der Waals surface area contributed by atoms with E-state index in [1.165, 1.54) is 17.1 Å². The van der Waals surface area contributed by atoms with Crippen molar-refractivity contribution in [3.05, 3.63) is 28.8 Å². The Hall–Kier alpha value is -1.38. The standard InChI is InChI=1S/C13H19N3/c1-5-7-11-12(6-2)16-10(4)8-9(3)14-13(16)15-11/h8H,5-7H2,1-4H3. The molecule has 0 radical (unpaired) electrons. The third kappa shape index (κ3) is 1.70. The fourth-order valence-electron chi connectivity index (χ4n) is 2.29. The van der Waals surface area contributed by atoms with Gasteiger partial charge in [-0.25, -0.2) is 9.97 Å². The first-order valence-corrected chi connectivity index (χ1v) is 6.01. The van der Waals surface area contributed by atoms with Gasteiger partial charge in [0.2, 0.25) is 5.78 Å². The molecule has 2 rings (SSSR count). The van der Waals surface area contributed by atoms with Crippen molar-refractivity contribution in [1.82, 2.24) is 14.4 Å². The van der Waals surface area contributed by atoms with E-state index in [0.717, 1.165) is 30.7 Å². The van der Waals surface area contributed by atoms with Crippen molar-refractivity contribution in [3.8, 4) is 0 Å². The van der Waals surface area contributed by atoms with Crippen LogP contribution in [0.5, 0.6) is 0 Å². The zero-order chi connectivity index (χ0) is 11.7. The van der Waals surface area contributed by atoms with Crippen LogP contribution in [0.4, 0.5) is 0 Å². The predicted octanol–water partition coefficient (Wildman–Crippen LogP) is 2.86. The van der Waals surface area contributed by atoms with Gasteiger partial charge in [-0.2, -0.15) is 0 Å². The molecule has 86 valence electrons. The normalized spacial score (nSPS) is 11.2. The second-order valence-corrected chi connectivity index (χ2v) is 4.28. The molecular formula is C13H19N3. The molecular weight excluding hydrogens is 198 g/mol. The number of imidazole rings is 1. The number of hydrogen-bond acceptors (Lipinski definition) is 2. The summed E-state index contributed by atoms with van der Waals surface area (Å²) in [7, 11) is 0. The monoisotopic (exact) mass is 217 g/mol. The maximum atomic E-state index is 4.65. The second-order valence-electron chi connectivity index (χ2n) is 4.28. The van der Waals surface area contributed by atoms with Crippen molar-refractivity contribution >= 4 is 5.78 Å². The molecule has 0 N–H and O–H groups in total. The minimum atomic E-state index is 0.859. The highest BCUT2D eigenvalue weighted by atomic mass is 15.1. The molecule has 0 amide bonds. The Morgan fingerprint density at radius 2 is 1.94 bits per heavy atom. The summed E-state index contributed by atoms with van der Waals surface area (Å²) in [6.45, 7) is 8.52. The van der Waals surface area contributed by atoms with E-state index in [0.29, 0.717) is 0 Å². The Kier molecular flexibility index (Phi) is 2.95. The molecule has 3 heteroatoms. The smallest absolute Gasteiger partial charge is 0.234 e. The fourth-order valence-corrected chi connectivity index (χ4v) is 2.29. The molecule has 0 saturated heterocycles. The zero-order valence-electron chi connectivity index (χ0n) is 10.5. The van der Waals surface area contributed by atoms with Crippen LogP contribution in [0.15, 0.2) is 6.07 Å². The molecule has 0 aliphatic heterocycles. The Labute approximate surface area is 96.5 Å². The summed E-state index contributed by atoms with van der Waals surface area (Å²) in [5.41, 5.74) is 4.81. The van der Waals surface area contributed by atoms with Crippen molar-refractivity contribution in [2.75, 3.05) is 0 Å². The Morgan fingerprint density at radius 1 is 1.19 bits per heavy atom. The van der Waals surface area contributed by atoms with Crippen molar-refractivity contribution in [2.45, 2.75) is 47.0 Å². The average Bonchev–Trinajstić information content (AvgIpc) is 2.56. The molecule has 0 aliphatic rings. The van der Waals surface area contributed by atoms with Crippen LogP contribution in [-0.4, -0.2) is 14.4 Å². The molecule has 2 aromatic heterocycles. The average molecular weight is 217 g/mol. The van der Waals surface area contributed by atoms with Crippen molar-refractivity contribution in [2.24, 2.45) is 0 Å². The minimum Gasteiger partial charge on any atom is -0.285 e. The largest absolute Gasteiger partial charge is 0.285 e. The number of aryl methyl sites for hydroxylation is 4. The molecule has 0 aromatic carbocycles. The van der Waals surface area contributed by atoms with Gasteiger partial charge in [-0.05, 0) is 32.8 Å². The zero-order valence-corrected chi connectivity index (χ0v) is 10.5. The third-order valence-electron chi connectivity index (χ3n) is 2.91. The molecule has 2 aromatic rings. The lowest BCUT2D eigenvalue weighted by molar-refractivity contribution is 0.854. The van der Waals surface area contributed by atoms with Crippen molar-refractivity contribution < 1.29 is 0 Å². The van der Waals surface area contributed by atoms with Crippen LogP contribution in [0, 0.1) is 13.8 Å². The summed E-state index contributed by atoms with van der Waals surface area (Å²) < 4.78 is 2.19. The molecule has 0 bridgehead atoms. The molecule has 0 aliphatic carbocycles. The van der Waals surface area contributed by atoms with Crippen LogP contribution in [0.3, 0.4) is 0 Å². The molecule has 3 nitrogen and oxygen atoms in total. The molecule has 0 spiro atoms. The lowest BCUT2D eigenvalue weighted by Gasteiger charge is -2.05. The summed E-state index contributed by atoms with van der Waals surface area (Å²) in [4.78, 5) is 9.15. The second kappa shape index (κ2) is 4.24. The summed E-state index contributed by atoms with van der Waals surface area (Å²) >= 11 is 0. The Balaban J connectivity index is 2.71. The molecule has 2 heterocycles. The van der Waals surface area contributed by atoms with E-state index in [1.54, 1.807) is 0 Å². The predicted molar refractivity (Wildman–Crippen MR) is 65.8 cm³/mol. The molecule has 0 fully saturated rings. The highest BCUT2D eigenvalue weighted by Gasteiger charge is 2.12. The summed E-state index contributed by atoms with van der Waals surface area (Å²) in [6, 6.07) is 2.11. The number of aromatic nitrogens is 3. The van der Waals surface area contributed by atoms with E-state index in [2.05, 4.69) is 41.2 Å². The first-order valence-electron chi connectivity index (χ1n) is 6.01. The minimum absolute atomic E-state index is 0.859. The van der Waals surface area contributed by atoms with Crippen LogP contribution in [0.1, 0.15) is 43.0 Å². The van der Waals surface area contributed by atoms with Gasteiger partial charge in [-0.15, -0.1) is 0 Å². The van der Waals surface area contributed by atoms with Crippen LogP contribution in [0.25, 0.3) is 5.78 Å². The molecule has 16 heavy (non-hydrogen) atoms. The first kappa shape index (κ1) is 11.1. The van der Waals surface area contributed by atoms with Gasteiger partial charge in [-0.1, -0.05) is 20.3 Å². The maximum absolute atomic E-state index is 4.65. The number of nitrogens with zero attached hydrogens (tertiary/aromatic N) is 3. The number of fused-ring (bicyclic) bond motifs is 1. The Bertz CT molecular complexity index is 511. The van der Waals surface area contributed by atoms with Crippen LogP contribution < -0.4 is 0 Å². The van der Waals surface area contributed by atoms with Gasteiger partial charge >= 0.3 is 0 Å². The number of hydrogen-bond donors (Lipinski definition) is 0. The van der Waals surface area contributed by atoms with Gasteiger partial charge in [0.1, 0.15) is 0 Å². The van der Waals surface area contributed by atoms with Crippen molar-refractivity contribution in [3.63, 3.8) is 0 Å². The number of rotatable bonds is 3. The van der Waals surface area contributed by atoms with Crippen LogP contribution >= 0.6 is 0 Å². The van der Waals surface area contributed by atoms with Gasteiger partial charge in [0.05, 0.1) is 5.69 Å². The quantitative estimate of drug-likeness (QED) is 0.791. The lowest BCUT2D eigenvalue weighted by Crippen LogP contribution is -2.00. The van der Waals surface area contributed by atoms with Crippen LogP contribution in [-0.2, 0) is 12.8 Å².